The lowest BCUT2D eigenvalue weighted by Crippen LogP contribution is -2.37. The van der Waals surface area contributed by atoms with Crippen LogP contribution in [0.15, 0.2) is 6.07 Å². The summed E-state index contributed by atoms with van der Waals surface area (Å²) in [4.78, 5) is 25.8. The van der Waals surface area contributed by atoms with Crippen molar-refractivity contribution in [3.05, 3.63) is 17.5 Å². The normalized spacial score (nSPS) is 20.8. The first-order valence-electron chi connectivity index (χ1n) is 8.99. The smallest absolute Gasteiger partial charge is 0.224 e. The molecule has 2 aliphatic rings. The van der Waals surface area contributed by atoms with Gasteiger partial charge in [0.15, 0.2) is 0 Å². The highest BCUT2D eigenvalue weighted by atomic mass is 16.2. The molecule has 2 amide bonds. The topological polar surface area (TPSA) is 79.3 Å². The largest absolute Gasteiger partial charge is 0.351 e. The van der Waals surface area contributed by atoms with E-state index in [-0.39, 0.29) is 17.9 Å². The van der Waals surface area contributed by atoms with Gasteiger partial charge in [-0.15, -0.1) is 0 Å². The molecule has 0 radical (unpaired) electrons. The maximum absolute atomic E-state index is 12.2. The quantitative estimate of drug-likeness (QED) is 0.792. The number of hydrogen-bond donors (Lipinski definition) is 2. The van der Waals surface area contributed by atoms with Gasteiger partial charge in [-0.1, -0.05) is 6.92 Å². The number of nitrogens with zero attached hydrogens (tertiary/aromatic N) is 3. The second-order valence-corrected chi connectivity index (χ2v) is 6.69. The van der Waals surface area contributed by atoms with Gasteiger partial charge >= 0.3 is 0 Å². The Balaban J connectivity index is 1.45. The number of carbonyl (C=O) groups is 2. The zero-order chi connectivity index (χ0) is 16.9. The van der Waals surface area contributed by atoms with Crippen LogP contribution < -0.4 is 10.6 Å². The number of likely N-dealkylation sites (tertiary alicyclic amines) is 1. The van der Waals surface area contributed by atoms with Gasteiger partial charge in [0.2, 0.25) is 11.8 Å². The van der Waals surface area contributed by atoms with Crippen LogP contribution in [-0.4, -0.2) is 52.2 Å². The van der Waals surface area contributed by atoms with Gasteiger partial charge in [0.1, 0.15) is 0 Å². The first-order valence-corrected chi connectivity index (χ1v) is 8.99. The molecule has 1 fully saturated rings. The maximum atomic E-state index is 12.2. The summed E-state index contributed by atoms with van der Waals surface area (Å²) in [5.74, 6) is 0.153. The predicted octanol–water partition coefficient (Wildman–Crippen LogP) is 0.436. The third-order valence-electron chi connectivity index (χ3n) is 4.62. The Morgan fingerprint density at radius 3 is 3.21 bits per heavy atom. The van der Waals surface area contributed by atoms with Gasteiger partial charge in [-0.05, 0) is 25.5 Å². The van der Waals surface area contributed by atoms with E-state index in [0.717, 1.165) is 44.7 Å². The van der Waals surface area contributed by atoms with Crippen LogP contribution in [0, 0.1) is 0 Å². The van der Waals surface area contributed by atoms with Crippen LogP contribution in [-0.2, 0) is 29.1 Å². The van der Waals surface area contributed by atoms with Crippen molar-refractivity contribution in [1.29, 1.82) is 0 Å². The molecule has 3 rings (SSSR count). The number of amides is 2. The van der Waals surface area contributed by atoms with Crippen molar-refractivity contribution >= 4 is 11.8 Å². The summed E-state index contributed by atoms with van der Waals surface area (Å²) in [6.45, 7) is 6.28. The Morgan fingerprint density at radius 2 is 2.38 bits per heavy atom. The summed E-state index contributed by atoms with van der Waals surface area (Å²) in [6.07, 6.45) is 3.52. The minimum Gasteiger partial charge on any atom is -0.351 e. The van der Waals surface area contributed by atoms with Crippen LogP contribution in [0.4, 0.5) is 0 Å². The number of hydrogen-bond acceptors (Lipinski definition) is 4. The number of carbonyl (C=O) groups excluding carboxylic acids is 2. The molecule has 1 aromatic heterocycles. The molecule has 0 spiro atoms. The number of aryl methyl sites for hydroxylation is 2. The van der Waals surface area contributed by atoms with Gasteiger partial charge in [0.25, 0.3) is 0 Å². The number of nitrogens with one attached hydrogen (secondary N) is 2. The Morgan fingerprint density at radius 1 is 1.50 bits per heavy atom. The highest BCUT2D eigenvalue weighted by Gasteiger charge is 2.29. The lowest BCUT2D eigenvalue weighted by atomic mass is 10.2. The second kappa shape index (κ2) is 7.79. The highest BCUT2D eigenvalue weighted by Crippen LogP contribution is 2.13. The van der Waals surface area contributed by atoms with E-state index < -0.39 is 0 Å². The number of aromatic nitrogens is 2. The van der Waals surface area contributed by atoms with Gasteiger partial charge in [-0.3, -0.25) is 14.3 Å². The molecule has 3 heterocycles. The maximum Gasteiger partial charge on any atom is 0.224 e. The van der Waals surface area contributed by atoms with Gasteiger partial charge in [0.05, 0.1) is 17.4 Å². The van der Waals surface area contributed by atoms with E-state index in [1.807, 2.05) is 9.58 Å². The lowest BCUT2D eigenvalue weighted by Gasteiger charge is -2.15. The molecule has 7 nitrogen and oxygen atoms in total. The van der Waals surface area contributed by atoms with Crippen molar-refractivity contribution < 1.29 is 9.59 Å². The fourth-order valence-corrected chi connectivity index (χ4v) is 3.44. The molecule has 0 unspecified atom stereocenters. The van der Waals surface area contributed by atoms with Crippen LogP contribution in [0.1, 0.15) is 44.0 Å². The van der Waals surface area contributed by atoms with Crippen molar-refractivity contribution in [2.45, 2.75) is 58.2 Å². The van der Waals surface area contributed by atoms with E-state index in [9.17, 15) is 9.59 Å². The molecule has 7 heteroatoms. The van der Waals surface area contributed by atoms with Crippen molar-refractivity contribution in [2.24, 2.45) is 0 Å². The van der Waals surface area contributed by atoms with Crippen LogP contribution in [0.25, 0.3) is 0 Å². The third kappa shape index (κ3) is 4.14. The van der Waals surface area contributed by atoms with Crippen LogP contribution in [0.2, 0.25) is 0 Å². The zero-order valence-electron chi connectivity index (χ0n) is 14.4. The molecule has 24 heavy (non-hydrogen) atoms. The molecule has 1 saturated heterocycles. The molecule has 0 aliphatic carbocycles. The first kappa shape index (κ1) is 17.0. The van der Waals surface area contributed by atoms with Crippen LogP contribution >= 0.6 is 0 Å². The molecule has 2 N–H and O–H groups in total. The van der Waals surface area contributed by atoms with E-state index in [1.54, 1.807) is 0 Å². The van der Waals surface area contributed by atoms with Crippen molar-refractivity contribution in [1.82, 2.24) is 25.3 Å². The predicted molar refractivity (Wildman–Crippen MR) is 90.3 cm³/mol. The summed E-state index contributed by atoms with van der Waals surface area (Å²) in [6, 6.07) is 2.05. The summed E-state index contributed by atoms with van der Waals surface area (Å²) in [5, 5.41) is 11.0. The van der Waals surface area contributed by atoms with E-state index in [1.165, 1.54) is 5.69 Å². The summed E-state index contributed by atoms with van der Waals surface area (Å²) in [5.41, 5.74) is 2.17. The van der Waals surface area contributed by atoms with E-state index in [4.69, 9.17) is 0 Å². The average molecular weight is 333 g/mol. The van der Waals surface area contributed by atoms with Crippen LogP contribution in [0.5, 0.6) is 0 Å². The van der Waals surface area contributed by atoms with Gasteiger partial charge in [0, 0.05) is 45.4 Å². The average Bonchev–Trinajstić information content (AvgIpc) is 3.02. The molecule has 132 valence electrons. The molecule has 1 atom stereocenters. The fourth-order valence-electron chi connectivity index (χ4n) is 3.44. The third-order valence-corrected chi connectivity index (χ3v) is 4.62. The monoisotopic (exact) mass is 333 g/mol. The SMILES string of the molecule is CCCN1C[C@@H](NC(=O)CCc2cc3n(n2)CCCNC3)CC1=O. The Bertz CT molecular complexity index is 574. The summed E-state index contributed by atoms with van der Waals surface area (Å²) in [7, 11) is 0. The minimum absolute atomic E-state index is 0.00691. The summed E-state index contributed by atoms with van der Waals surface area (Å²) < 4.78 is 2.05. The van der Waals surface area contributed by atoms with Crippen molar-refractivity contribution in [2.75, 3.05) is 19.6 Å². The summed E-state index contributed by atoms with van der Waals surface area (Å²) >= 11 is 0. The second-order valence-electron chi connectivity index (χ2n) is 6.69. The van der Waals surface area contributed by atoms with Gasteiger partial charge < -0.3 is 15.5 Å². The molecule has 2 aliphatic heterocycles. The molecular weight excluding hydrogens is 306 g/mol. The molecular formula is C17H27N5O2. The number of rotatable bonds is 6. The van der Waals surface area contributed by atoms with E-state index in [0.29, 0.717) is 25.8 Å². The standard InChI is InChI=1S/C17H27N5O2/c1-2-7-21-12-14(10-17(21)24)19-16(23)5-4-13-9-15-11-18-6-3-8-22(15)20-13/h9,14,18H,2-8,10-12H2,1H3,(H,19,23)/t14-/m0/s1. The Labute approximate surface area is 142 Å². The van der Waals surface area contributed by atoms with Gasteiger partial charge in [-0.25, -0.2) is 0 Å². The lowest BCUT2D eigenvalue weighted by molar-refractivity contribution is -0.127. The number of fused-ring (bicyclic) bond motifs is 1. The molecule has 1 aromatic rings. The molecule has 0 saturated carbocycles. The molecule has 0 bridgehead atoms. The van der Waals surface area contributed by atoms with E-state index >= 15 is 0 Å². The Hall–Kier alpha value is -1.89. The Kier molecular flexibility index (Phi) is 5.50. The first-order chi connectivity index (χ1) is 11.7. The zero-order valence-corrected chi connectivity index (χ0v) is 14.4. The van der Waals surface area contributed by atoms with Crippen molar-refractivity contribution in [3.8, 4) is 0 Å². The molecule has 0 aromatic carbocycles. The van der Waals surface area contributed by atoms with Gasteiger partial charge in [-0.2, -0.15) is 5.10 Å². The van der Waals surface area contributed by atoms with Crippen LogP contribution in [0.3, 0.4) is 0 Å². The van der Waals surface area contributed by atoms with E-state index in [2.05, 4.69) is 28.7 Å². The van der Waals surface area contributed by atoms with Crippen molar-refractivity contribution in [3.63, 3.8) is 0 Å². The fraction of sp³-hybridized carbons (Fsp3) is 0.706. The highest BCUT2D eigenvalue weighted by molar-refractivity contribution is 5.82. The minimum atomic E-state index is -0.0422.